The lowest BCUT2D eigenvalue weighted by molar-refractivity contribution is 0.436. The molecule has 0 aromatic heterocycles. The summed E-state index contributed by atoms with van der Waals surface area (Å²) in [5, 5.41) is 2.38. The van der Waals surface area contributed by atoms with Crippen LogP contribution in [0.2, 0.25) is 0 Å². The van der Waals surface area contributed by atoms with Gasteiger partial charge in [-0.05, 0) is 115 Å². The van der Waals surface area contributed by atoms with Gasteiger partial charge in [-0.15, -0.1) is 0 Å². The molecule has 2 heterocycles. The molecule has 2 aliphatic heterocycles. The van der Waals surface area contributed by atoms with Gasteiger partial charge in [0.1, 0.15) is 23.0 Å². The molecule has 3 nitrogen and oxygen atoms in total. The lowest BCUT2D eigenvalue weighted by atomic mass is 9.65. The van der Waals surface area contributed by atoms with Gasteiger partial charge in [-0.25, -0.2) is 0 Å². The van der Waals surface area contributed by atoms with Crippen molar-refractivity contribution in [1.29, 1.82) is 0 Å². The predicted molar refractivity (Wildman–Crippen MR) is 279 cm³/mol. The summed E-state index contributed by atoms with van der Waals surface area (Å²) < 4.78 is 13.5. The van der Waals surface area contributed by atoms with E-state index in [0.717, 1.165) is 73.4 Å². The molecule has 322 valence electrons. The van der Waals surface area contributed by atoms with Crippen LogP contribution in [0.3, 0.4) is 0 Å². The molecule has 0 unspecified atom stereocenters. The van der Waals surface area contributed by atoms with Crippen LogP contribution < -0.4 is 14.4 Å². The van der Waals surface area contributed by atoms with Crippen molar-refractivity contribution in [1.82, 2.24) is 0 Å². The topological polar surface area (TPSA) is 21.7 Å². The number of anilines is 3. The van der Waals surface area contributed by atoms with Gasteiger partial charge in [0.2, 0.25) is 0 Å². The summed E-state index contributed by atoms with van der Waals surface area (Å²) in [6.07, 6.45) is 0. The zero-order valence-corrected chi connectivity index (χ0v) is 37.4. The molecule has 2 spiro atoms. The van der Waals surface area contributed by atoms with Gasteiger partial charge in [-0.3, -0.25) is 0 Å². The van der Waals surface area contributed by atoms with Gasteiger partial charge in [0.05, 0.1) is 16.5 Å². The Labute approximate surface area is 400 Å². The van der Waals surface area contributed by atoms with Crippen molar-refractivity contribution in [2.24, 2.45) is 0 Å². The van der Waals surface area contributed by atoms with Crippen molar-refractivity contribution < 1.29 is 9.47 Å². The fraction of sp³-hybridized carbons (Fsp3) is 0.0303. The Hall–Kier alpha value is -8.92. The molecular weight excluding hydrogens is 839 g/mol. The lowest BCUT2D eigenvalue weighted by Crippen LogP contribution is -2.32. The quantitative estimate of drug-likeness (QED) is 0.176. The normalized spacial score (nSPS) is 14.3. The van der Waals surface area contributed by atoms with E-state index < -0.39 is 10.8 Å². The van der Waals surface area contributed by atoms with E-state index in [0.29, 0.717) is 0 Å². The van der Waals surface area contributed by atoms with Gasteiger partial charge in [0, 0.05) is 39.2 Å². The molecule has 3 heteroatoms. The zero-order chi connectivity index (χ0) is 45.3. The van der Waals surface area contributed by atoms with Gasteiger partial charge in [0.15, 0.2) is 0 Å². The number of nitrogens with zero attached hydrogens (tertiary/aromatic N) is 1. The molecule has 0 N–H and O–H groups in total. The Morgan fingerprint density at radius 1 is 0.290 bits per heavy atom. The Kier molecular flexibility index (Phi) is 7.92. The fourth-order valence-electron chi connectivity index (χ4n) is 12.8. The molecule has 0 amide bonds. The number of para-hydroxylation sites is 5. The summed E-state index contributed by atoms with van der Waals surface area (Å²) in [5.74, 6) is 3.55. The maximum atomic E-state index is 6.73. The van der Waals surface area contributed by atoms with E-state index in [4.69, 9.17) is 9.47 Å². The first-order chi connectivity index (χ1) is 34.2. The largest absolute Gasteiger partial charge is 0.457 e. The third-order valence-electron chi connectivity index (χ3n) is 15.4. The highest BCUT2D eigenvalue weighted by molar-refractivity contribution is 6.03. The summed E-state index contributed by atoms with van der Waals surface area (Å²) in [4.78, 5) is 2.48. The summed E-state index contributed by atoms with van der Waals surface area (Å²) in [6.45, 7) is 0. The van der Waals surface area contributed by atoms with Gasteiger partial charge in [-0.2, -0.15) is 0 Å². The molecule has 0 atom stereocenters. The van der Waals surface area contributed by atoms with Crippen molar-refractivity contribution in [2.75, 3.05) is 4.90 Å². The minimum atomic E-state index is -0.610. The zero-order valence-electron chi connectivity index (χ0n) is 37.4. The van der Waals surface area contributed by atoms with E-state index >= 15 is 0 Å². The van der Waals surface area contributed by atoms with Crippen LogP contribution in [0.4, 0.5) is 17.1 Å². The highest BCUT2D eigenvalue weighted by Gasteiger charge is 2.53. The molecule has 0 bridgehead atoms. The SMILES string of the molecule is c1ccc(-c2ccccc2N(c2ccc3c(c2)C2(c4ccccc4Oc4ccccc42)c2ccccc2-3)c2ccc3c4c(ccc3c2)-c2ccccc2C42c3ccccc3Oc3ccccc32)cc1. The highest BCUT2D eigenvalue weighted by atomic mass is 16.5. The molecular formula is C66H41NO2. The van der Waals surface area contributed by atoms with Crippen LogP contribution in [0.1, 0.15) is 44.5 Å². The van der Waals surface area contributed by atoms with Crippen LogP contribution in [-0.2, 0) is 10.8 Å². The maximum Gasteiger partial charge on any atom is 0.132 e. The van der Waals surface area contributed by atoms with Crippen molar-refractivity contribution in [2.45, 2.75) is 10.8 Å². The smallest absolute Gasteiger partial charge is 0.132 e. The van der Waals surface area contributed by atoms with Gasteiger partial charge >= 0.3 is 0 Å². The van der Waals surface area contributed by atoms with Gasteiger partial charge in [-0.1, -0.05) is 194 Å². The number of rotatable bonds is 4. The second-order valence-electron chi connectivity index (χ2n) is 18.6. The molecule has 0 fully saturated rings. The van der Waals surface area contributed by atoms with Crippen LogP contribution in [0, 0.1) is 0 Å². The minimum absolute atomic E-state index is 0.586. The first-order valence-corrected chi connectivity index (χ1v) is 23.8. The third-order valence-corrected chi connectivity index (χ3v) is 15.4. The van der Waals surface area contributed by atoms with Gasteiger partial charge < -0.3 is 14.4 Å². The predicted octanol–water partition coefficient (Wildman–Crippen LogP) is 16.9. The van der Waals surface area contributed by atoms with Crippen molar-refractivity contribution in [3.8, 4) is 56.4 Å². The van der Waals surface area contributed by atoms with Crippen LogP contribution >= 0.6 is 0 Å². The summed E-state index contributed by atoms with van der Waals surface area (Å²) in [6, 6.07) is 90.9. The lowest BCUT2D eigenvalue weighted by Gasteiger charge is -2.40. The van der Waals surface area contributed by atoms with Crippen molar-refractivity contribution in [3.05, 3.63) is 293 Å². The van der Waals surface area contributed by atoms with Crippen LogP contribution in [0.25, 0.3) is 44.2 Å². The molecule has 2 aliphatic carbocycles. The van der Waals surface area contributed by atoms with Crippen molar-refractivity contribution in [3.63, 3.8) is 0 Å². The number of fused-ring (bicyclic) bond motifs is 20. The number of hydrogen-bond donors (Lipinski definition) is 0. The molecule has 0 radical (unpaired) electrons. The summed E-state index contributed by atoms with van der Waals surface area (Å²) in [5.41, 5.74) is 19.0. The fourth-order valence-corrected chi connectivity index (χ4v) is 12.8. The number of benzene rings is 11. The first-order valence-electron chi connectivity index (χ1n) is 23.8. The van der Waals surface area contributed by atoms with Crippen molar-refractivity contribution >= 4 is 27.8 Å². The van der Waals surface area contributed by atoms with Crippen LogP contribution in [-0.4, -0.2) is 0 Å². The monoisotopic (exact) mass is 879 g/mol. The summed E-state index contributed by atoms with van der Waals surface area (Å²) in [7, 11) is 0. The van der Waals surface area contributed by atoms with E-state index in [1.165, 1.54) is 55.3 Å². The summed E-state index contributed by atoms with van der Waals surface area (Å²) >= 11 is 0. The third kappa shape index (κ3) is 5.06. The average molecular weight is 880 g/mol. The second-order valence-corrected chi connectivity index (χ2v) is 18.6. The molecule has 69 heavy (non-hydrogen) atoms. The first kappa shape index (κ1) is 38.2. The Morgan fingerprint density at radius 3 is 1.35 bits per heavy atom. The second kappa shape index (κ2) is 14.3. The molecule has 0 saturated heterocycles. The maximum absolute atomic E-state index is 6.73. The van der Waals surface area contributed by atoms with E-state index in [1.54, 1.807) is 0 Å². The Morgan fingerprint density at radius 2 is 0.725 bits per heavy atom. The number of hydrogen-bond acceptors (Lipinski definition) is 3. The Balaban J connectivity index is 1.00. The molecule has 0 saturated carbocycles. The van der Waals surface area contributed by atoms with Gasteiger partial charge in [0.25, 0.3) is 0 Å². The van der Waals surface area contributed by atoms with E-state index in [2.05, 4.69) is 254 Å². The molecule has 11 aromatic carbocycles. The van der Waals surface area contributed by atoms with E-state index in [9.17, 15) is 0 Å². The number of ether oxygens (including phenoxy) is 2. The molecule has 11 aromatic rings. The average Bonchev–Trinajstić information content (AvgIpc) is 3.87. The minimum Gasteiger partial charge on any atom is -0.457 e. The molecule has 15 rings (SSSR count). The van der Waals surface area contributed by atoms with E-state index in [-0.39, 0.29) is 0 Å². The van der Waals surface area contributed by atoms with Crippen LogP contribution in [0.5, 0.6) is 23.0 Å². The van der Waals surface area contributed by atoms with E-state index in [1.807, 2.05) is 0 Å². The molecule has 4 aliphatic rings. The standard InChI is InChI=1S/C66H41NO2/c1-2-18-42(19-3-1)46-20-6-13-29-59(46)67(45-36-39-50-48-21-4-7-23-52(48)65(58(50)41-45)54-25-9-14-30-60(54)68-61-31-15-10-26-55(61)65)44-35-38-47-43(40-44)34-37-51-49-22-5-8-24-53(49)66(64(47)51)56-27-11-16-32-62(56)69-63-33-17-12-28-57(63)66/h1-41H. The Bertz CT molecular complexity index is 3850. The highest BCUT2D eigenvalue weighted by Crippen LogP contribution is 2.65. The van der Waals surface area contributed by atoms with Crippen LogP contribution in [0.15, 0.2) is 249 Å².